The van der Waals surface area contributed by atoms with Crippen LogP contribution in [0.25, 0.3) is 6.08 Å². The van der Waals surface area contributed by atoms with Crippen LogP contribution >= 0.6 is 0 Å². The summed E-state index contributed by atoms with van der Waals surface area (Å²) in [5, 5.41) is 10.2. The van der Waals surface area contributed by atoms with Crippen LogP contribution < -0.4 is 10.1 Å². The predicted molar refractivity (Wildman–Crippen MR) is 87.9 cm³/mol. The van der Waals surface area contributed by atoms with E-state index in [1.165, 1.54) is 7.11 Å². The summed E-state index contributed by atoms with van der Waals surface area (Å²) in [5.74, 6) is -1.03. The van der Waals surface area contributed by atoms with Gasteiger partial charge < -0.3 is 10.1 Å². The molecule has 1 heterocycles. The Bertz CT molecular complexity index is 651. The second kappa shape index (κ2) is 8.13. The number of amides is 1. The SMILES string of the molecule is C=CC(=O)Nc1cc(/C=C/[C@H]2CC[C@H](C(F)(F)F)CC2)c(OC)nn1. The van der Waals surface area contributed by atoms with E-state index in [4.69, 9.17) is 4.74 Å². The number of nitrogens with one attached hydrogen (secondary N) is 1. The van der Waals surface area contributed by atoms with Crippen LogP contribution in [0.3, 0.4) is 0 Å². The Labute approximate surface area is 144 Å². The molecule has 5 nitrogen and oxygen atoms in total. The maximum Gasteiger partial charge on any atom is 0.391 e. The van der Waals surface area contributed by atoms with Crippen molar-refractivity contribution in [3.63, 3.8) is 0 Å². The zero-order valence-electron chi connectivity index (χ0n) is 13.8. The lowest BCUT2D eigenvalue weighted by Gasteiger charge is -2.28. The fraction of sp³-hybridized carbons (Fsp3) is 0.471. The lowest BCUT2D eigenvalue weighted by molar-refractivity contribution is -0.183. The van der Waals surface area contributed by atoms with E-state index in [0.29, 0.717) is 18.4 Å². The highest BCUT2D eigenvalue weighted by atomic mass is 19.4. The minimum Gasteiger partial charge on any atom is -0.479 e. The van der Waals surface area contributed by atoms with Gasteiger partial charge in [0.1, 0.15) is 0 Å². The molecule has 25 heavy (non-hydrogen) atoms. The fourth-order valence-electron chi connectivity index (χ4n) is 2.79. The van der Waals surface area contributed by atoms with E-state index in [0.717, 1.165) is 6.08 Å². The molecule has 1 amide bonds. The van der Waals surface area contributed by atoms with E-state index in [2.05, 4.69) is 22.1 Å². The number of rotatable bonds is 5. The van der Waals surface area contributed by atoms with Crippen molar-refractivity contribution < 1.29 is 22.7 Å². The molecule has 1 aromatic heterocycles. The highest BCUT2D eigenvalue weighted by molar-refractivity contribution is 5.98. The molecule has 0 spiro atoms. The molecule has 1 aromatic rings. The number of hydrogen-bond acceptors (Lipinski definition) is 4. The molecule has 1 aliphatic rings. The maximum atomic E-state index is 12.7. The normalized spacial score (nSPS) is 21.1. The molecule has 8 heteroatoms. The number of aromatic nitrogens is 2. The number of nitrogens with zero attached hydrogens (tertiary/aromatic N) is 2. The lowest BCUT2D eigenvalue weighted by Crippen LogP contribution is -2.27. The molecular formula is C17H20F3N3O2. The summed E-state index contributed by atoms with van der Waals surface area (Å²) in [6.07, 6.45) is 1.88. The molecule has 1 aliphatic carbocycles. The van der Waals surface area contributed by atoms with Crippen molar-refractivity contribution in [1.29, 1.82) is 0 Å². The fourth-order valence-corrected chi connectivity index (χ4v) is 2.79. The Hall–Kier alpha value is -2.38. The number of methoxy groups -OCH3 is 1. The molecule has 2 rings (SSSR count). The second-order valence-electron chi connectivity index (χ2n) is 5.90. The van der Waals surface area contributed by atoms with Crippen molar-refractivity contribution in [1.82, 2.24) is 10.2 Å². The zero-order valence-corrected chi connectivity index (χ0v) is 13.8. The third kappa shape index (κ3) is 5.30. The van der Waals surface area contributed by atoms with Crippen molar-refractivity contribution in [3.05, 3.63) is 30.4 Å². The number of hydrogen-bond donors (Lipinski definition) is 1. The predicted octanol–water partition coefficient (Wildman–Crippen LogP) is 3.99. The number of anilines is 1. The van der Waals surface area contributed by atoms with Gasteiger partial charge in [-0.3, -0.25) is 4.79 Å². The summed E-state index contributed by atoms with van der Waals surface area (Å²) >= 11 is 0. The third-order valence-electron chi connectivity index (χ3n) is 4.20. The highest BCUT2D eigenvalue weighted by Gasteiger charge is 2.40. The second-order valence-corrected chi connectivity index (χ2v) is 5.90. The van der Waals surface area contributed by atoms with Gasteiger partial charge in [-0.1, -0.05) is 18.7 Å². The van der Waals surface area contributed by atoms with Crippen molar-refractivity contribution in [3.8, 4) is 5.88 Å². The minimum absolute atomic E-state index is 0.0719. The van der Waals surface area contributed by atoms with E-state index in [9.17, 15) is 18.0 Å². The Kier molecular flexibility index (Phi) is 6.17. The average Bonchev–Trinajstić information content (AvgIpc) is 2.59. The molecular weight excluding hydrogens is 335 g/mol. The van der Waals surface area contributed by atoms with E-state index >= 15 is 0 Å². The minimum atomic E-state index is -4.11. The maximum absolute atomic E-state index is 12.7. The largest absolute Gasteiger partial charge is 0.479 e. The molecule has 136 valence electrons. The molecule has 0 saturated heterocycles. The van der Waals surface area contributed by atoms with Crippen LogP contribution in [-0.2, 0) is 4.79 Å². The van der Waals surface area contributed by atoms with Crippen LogP contribution in [-0.4, -0.2) is 29.4 Å². The number of allylic oxidation sites excluding steroid dienone is 1. The molecule has 0 aromatic carbocycles. The van der Waals surface area contributed by atoms with Gasteiger partial charge >= 0.3 is 6.18 Å². The summed E-state index contributed by atoms with van der Waals surface area (Å²) in [5.41, 5.74) is 0.592. The Morgan fingerprint density at radius 3 is 2.56 bits per heavy atom. The molecule has 0 atom stereocenters. The van der Waals surface area contributed by atoms with Gasteiger partial charge in [-0.2, -0.15) is 13.2 Å². The molecule has 0 bridgehead atoms. The first-order valence-electron chi connectivity index (χ1n) is 7.93. The van der Waals surface area contributed by atoms with Crippen LogP contribution in [0.5, 0.6) is 5.88 Å². The molecule has 0 unspecified atom stereocenters. The van der Waals surface area contributed by atoms with E-state index in [1.807, 2.05) is 6.08 Å². The van der Waals surface area contributed by atoms with Gasteiger partial charge in [0.2, 0.25) is 11.8 Å². The van der Waals surface area contributed by atoms with Gasteiger partial charge in [-0.05, 0) is 43.7 Å². The van der Waals surface area contributed by atoms with Crippen molar-refractivity contribution >= 4 is 17.8 Å². The van der Waals surface area contributed by atoms with E-state index in [1.54, 1.807) is 12.1 Å². The first-order valence-corrected chi connectivity index (χ1v) is 7.93. The topological polar surface area (TPSA) is 64.1 Å². The number of carbonyl (C=O) groups is 1. The third-order valence-corrected chi connectivity index (χ3v) is 4.20. The lowest BCUT2D eigenvalue weighted by atomic mass is 9.81. The van der Waals surface area contributed by atoms with Crippen molar-refractivity contribution in [2.45, 2.75) is 31.9 Å². The van der Waals surface area contributed by atoms with Crippen LogP contribution in [0.1, 0.15) is 31.2 Å². The van der Waals surface area contributed by atoms with Crippen LogP contribution in [0.4, 0.5) is 19.0 Å². The Balaban J connectivity index is 2.05. The summed E-state index contributed by atoms with van der Waals surface area (Å²) in [7, 11) is 1.44. The molecule has 1 N–H and O–H groups in total. The monoisotopic (exact) mass is 355 g/mol. The first kappa shape index (κ1) is 19.0. The van der Waals surface area contributed by atoms with E-state index < -0.39 is 18.0 Å². The van der Waals surface area contributed by atoms with Gasteiger partial charge in [-0.25, -0.2) is 0 Å². The smallest absolute Gasteiger partial charge is 0.391 e. The van der Waals surface area contributed by atoms with Gasteiger partial charge in [-0.15, -0.1) is 10.2 Å². The van der Waals surface area contributed by atoms with Gasteiger partial charge in [0.05, 0.1) is 13.0 Å². The van der Waals surface area contributed by atoms with Crippen LogP contribution in [0, 0.1) is 11.8 Å². The summed E-state index contributed by atoms with van der Waals surface area (Å²) in [6.45, 7) is 3.35. The number of halogens is 3. The quantitative estimate of drug-likeness (QED) is 0.811. The highest BCUT2D eigenvalue weighted by Crippen LogP contribution is 2.40. The molecule has 1 saturated carbocycles. The Morgan fingerprint density at radius 1 is 1.32 bits per heavy atom. The molecule has 1 fully saturated rings. The van der Waals surface area contributed by atoms with Gasteiger partial charge in [0.15, 0.2) is 5.82 Å². The summed E-state index contributed by atoms with van der Waals surface area (Å²) in [6, 6.07) is 1.59. The molecule has 0 radical (unpaired) electrons. The van der Waals surface area contributed by atoms with Crippen LogP contribution in [0.15, 0.2) is 24.8 Å². The summed E-state index contributed by atoms with van der Waals surface area (Å²) in [4.78, 5) is 11.3. The van der Waals surface area contributed by atoms with Gasteiger partial charge in [0, 0.05) is 5.56 Å². The standard InChI is InChI=1S/C17H20F3N3O2/c1-3-15(24)21-14-10-12(16(25-2)23-22-14)7-4-11-5-8-13(9-6-11)17(18,19)20/h3-4,7,10-11,13H,1,5-6,8-9H2,2H3,(H,21,22,24)/b7-4+/t11-,13-. The van der Waals surface area contributed by atoms with E-state index in [-0.39, 0.29) is 30.5 Å². The number of ether oxygens (including phenoxy) is 1. The number of carbonyl (C=O) groups excluding carboxylic acids is 1. The molecule has 0 aliphatic heterocycles. The van der Waals surface area contributed by atoms with Gasteiger partial charge in [0.25, 0.3) is 0 Å². The van der Waals surface area contributed by atoms with Crippen molar-refractivity contribution in [2.75, 3.05) is 12.4 Å². The summed E-state index contributed by atoms with van der Waals surface area (Å²) < 4.78 is 43.2. The zero-order chi connectivity index (χ0) is 18.4. The Morgan fingerprint density at radius 2 is 2.00 bits per heavy atom. The number of alkyl halides is 3. The van der Waals surface area contributed by atoms with Crippen LogP contribution in [0.2, 0.25) is 0 Å². The first-order chi connectivity index (χ1) is 11.8. The van der Waals surface area contributed by atoms with Crippen molar-refractivity contribution in [2.24, 2.45) is 11.8 Å². The average molecular weight is 355 g/mol.